The molecule has 1 fully saturated rings. The summed E-state index contributed by atoms with van der Waals surface area (Å²) >= 11 is 1.34. The Labute approximate surface area is 227 Å². The molecule has 4 aromatic rings. The number of carbonyl (C=O) groups is 1. The van der Waals surface area contributed by atoms with Gasteiger partial charge in [-0.25, -0.2) is 9.97 Å². The zero-order chi connectivity index (χ0) is 26.3. The molecule has 8 nitrogen and oxygen atoms in total. The van der Waals surface area contributed by atoms with Gasteiger partial charge in [0.25, 0.3) is 0 Å². The monoisotopic (exact) mass is 531 g/mol. The fraction of sp³-hybridized carbons (Fsp3) is 0.345. The van der Waals surface area contributed by atoms with Crippen LogP contribution in [0.4, 0.5) is 0 Å². The summed E-state index contributed by atoms with van der Waals surface area (Å²) in [4.78, 5) is 27.2. The summed E-state index contributed by atoms with van der Waals surface area (Å²) in [6.07, 6.45) is 7.80. The quantitative estimate of drug-likeness (QED) is 0.225. The van der Waals surface area contributed by atoms with Crippen molar-refractivity contribution in [1.82, 2.24) is 25.2 Å². The van der Waals surface area contributed by atoms with Gasteiger partial charge >= 0.3 is 0 Å². The van der Waals surface area contributed by atoms with Gasteiger partial charge in [-0.15, -0.1) is 0 Å². The summed E-state index contributed by atoms with van der Waals surface area (Å²) in [5.41, 5.74) is 4.30. The Morgan fingerprint density at radius 3 is 2.74 bits per heavy atom. The SMILES string of the molecule is COc1ccc(-c2cnc(SCC(=O)NCC3CCCN(Cc4ccc5cc[nH]c5c4)C3)nc2)cc1OC. The van der Waals surface area contributed by atoms with Crippen molar-refractivity contribution in [2.75, 3.05) is 39.6 Å². The second-order valence-corrected chi connectivity index (χ2v) is 10.5. The molecule has 0 aliphatic carbocycles. The second-order valence-electron chi connectivity index (χ2n) is 9.56. The molecule has 1 aliphatic heterocycles. The highest BCUT2D eigenvalue weighted by molar-refractivity contribution is 7.99. The molecule has 1 saturated heterocycles. The van der Waals surface area contributed by atoms with Gasteiger partial charge in [-0.2, -0.15) is 0 Å². The van der Waals surface area contributed by atoms with Crippen LogP contribution in [0.15, 0.2) is 66.2 Å². The minimum absolute atomic E-state index is 0.0110. The van der Waals surface area contributed by atoms with Crippen LogP contribution >= 0.6 is 11.8 Å². The lowest BCUT2D eigenvalue weighted by molar-refractivity contribution is -0.118. The summed E-state index contributed by atoms with van der Waals surface area (Å²) < 4.78 is 10.7. The first-order valence-corrected chi connectivity index (χ1v) is 13.8. The molecular weight excluding hydrogens is 498 g/mol. The van der Waals surface area contributed by atoms with Crippen molar-refractivity contribution in [3.63, 3.8) is 0 Å². The maximum absolute atomic E-state index is 12.5. The standard InChI is InChI=1S/C29H33N5O3S/c1-36-26-8-7-23(13-27(26)37-2)24-15-32-29(33-16-24)38-19-28(35)31-14-21-4-3-11-34(18-21)17-20-5-6-22-9-10-30-25(22)12-20/h5-10,12-13,15-16,21,30H,3-4,11,14,17-19H2,1-2H3,(H,31,35). The molecule has 0 radical (unpaired) electrons. The van der Waals surface area contributed by atoms with Crippen LogP contribution in [0.1, 0.15) is 18.4 Å². The van der Waals surface area contributed by atoms with Crippen molar-refractivity contribution >= 4 is 28.6 Å². The summed E-state index contributed by atoms with van der Waals surface area (Å²) in [6.45, 7) is 3.73. The third kappa shape index (κ3) is 6.46. The van der Waals surface area contributed by atoms with E-state index in [0.29, 0.717) is 34.9 Å². The van der Waals surface area contributed by atoms with Crippen LogP contribution in [-0.4, -0.2) is 65.4 Å². The lowest BCUT2D eigenvalue weighted by Crippen LogP contribution is -2.40. The van der Waals surface area contributed by atoms with E-state index in [1.165, 1.54) is 28.2 Å². The van der Waals surface area contributed by atoms with Gasteiger partial charge in [0.1, 0.15) is 0 Å². The van der Waals surface area contributed by atoms with Gasteiger partial charge in [0, 0.05) is 49.3 Å². The average molecular weight is 532 g/mol. The number of piperidine rings is 1. The van der Waals surface area contributed by atoms with Crippen molar-refractivity contribution in [3.05, 3.63) is 66.6 Å². The topological polar surface area (TPSA) is 92.4 Å². The lowest BCUT2D eigenvalue weighted by atomic mass is 9.97. The molecular formula is C29H33N5O3S. The van der Waals surface area contributed by atoms with E-state index < -0.39 is 0 Å². The first kappa shape index (κ1) is 26.1. The molecule has 1 atom stereocenters. The van der Waals surface area contributed by atoms with Crippen LogP contribution in [0, 0.1) is 5.92 Å². The predicted molar refractivity (Wildman–Crippen MR) is 151 cm³/mol. The van der Waals surface area contributed by atoms with E-state index >= 15 is 0 Å². The Bertz CT molecular complexity index is 1370. The van der Waals surface area contributed by atoms with E-state index in [1.807, 2.05) is 24.4 Å². The van der Waals surface area contributed by atoms with E-state index in [-0.39, 0.29) is 5.91 Å². The van der Waals surface area contributed by atoms with Gasteiger partial charge in [0.05, 0.1) is 20.0 Å². The number of methoxy groups -OCH3 is 2. The number of hydrogen-bond acceptors (Lipinski definition) is 7. The van der Waals surface area contributed by atoms with Gasteiger partial charge in [-0.1, -0.05) is 30.0 Å². The van der Waals surface area contributed by atoms with Gasteiger partial charge in [0.15, 0.2) is 16.7 Å². The Morgan fingerprint density at radius 1 is 1.08 bits per heavy atom. The highest BCUT2D eigenvalue weighted by Gasteiger charge is 2.21. The average Bonchev–Trinajstić information content (AvgIpc) is 3.43. The highest BCUT2D eigenvalue weighted by Crippen LogP contribution is 2.32. The van der Waals surface area contributed by atoms with Crippen LogP contribution in [0.5, 0.6) is 11.5 Å². The molecule has 0 saturated carbocycles. The van der Waals surface area contributed by atoms with E-state index in [4.69, 9.17) is 9.47 Å². The van der Waals surface area contributed by atoms with Crippen LogP contribution in [0.2, 0.25) is 0 Å². The summed E-state index contributed by atoms with van der Waals surface area (Å²) in [5, 5.41) is 4.93. The summed E-state index contributed by atoms with van der Waals surface area (Å²) in [6, 6.07) is 14.4. The van der Waals surface area contributed by atoms with Gasteiger partial charge < -0.3 is 19.8 Å². The van der Waals surface area contributed by atoms with Crippen molar-refractivity contribution < 1.29 is 14.3 Å². The number of benzene rings is 2. The zero-order valence-electron chi connectivity index (χ0n) is 21.8. The number of nitrogens with zero attached hydrogens (tertiary/aromatic N) is 3. The molecule has 5 rings (SSSR count). The van der Waals surface area contributed by atoms with E-state index in [1.54, 1.807) is 26.6 Å². The normalized spacial score (nSPS) is 15.9. The van der Waals surface area contributed by atoms with Gasteiger partial charge in [-0.3, -0.25) is 9.69 Å². The second kappa shape index (κ2) is 12.3. The Balaban J connectivity index is 1.07. The molecule has 2 aromatic heterocycles. The number of ether oxygens (including phenoxy) is 2. The molecule has 0 bridgehead atoms. The summed E-state index contributed by atoms with van der Waals surface area (Å²) in [5.74, 6) is 2.09. The fourth-order valence-corrected chi connectivity index (χ4v) is 5.52. The number of H-pyrrole nitrogens is 1. The maximum atomic E-state index is 12.5. The van der Waals surface area contributed by atoms with Crippen LogP contribution in [0.25, 0.3) is 22.0 Å². The minimum atomic E-state index is 0.0110. The van der Waals surface area contributed by atoms with Gasteiger partial charge in [0.2, 0.25) is 5.91 Å². The number of likely N-dealkylation sites (tertiary alicyclic amines) is 1. The smallest absolute Gasteiger partial charge is 0.230 e. The molecule has 38 heavy (non-hydrogen) atoms. The third-order valence-corrected chi connectivity index (χ3v) is 7.77. The van der Waals surface area contributed by atoms with Crippen LogP contribution in [0.3, 0.4) is 0 Å². The largest absolute Gasteiger partial charge is 0.493 e. The zero-order valence-corrected chi connectivity index (χ0v) is 22.6. The molecule has 2 aromatic carbocycles. The van der Waals surface area contributed by atoms with E-state index in [2.05, 4.69) is 49.4 Å². The molecule has 9 heteroatoms. The number of carbonyl (C=O) groups excluding carboxylic acids is 1. The van der Waals surface area contributed by atoms with Gasteiger partial charge in [-0.05, 0) is 66.1 Å². The van der Waals surface area contributed by atoms with Crippen molar-refractivity contribution in [2.24, 2.45) is 5.92 Å². The molecule has 198 valence electrons. The van der Waals surface area contributed by atoms with Crippen molar-refractivity contribution in [2.45, 2.75) is 24.5 Å². The maximum Gasteiger partial charge on any atom is 0.230 e. The number of rotatable bonds is 10. The molecule has 1 aliphatic rings. The van der Waals surface area contributed by atoms with Crippen LogP contribution < -0.4 is 14.8 Å². The lowest BCUT2D eigenvalue weighted by Gasteiger charge is -2.32. The Kier molecular flexibility index (Phi) is 8.45. The number of fused-ring (bicyclic) bond motifs is 1. The molecule has 1 amide bonds. The Hall–Kier alpha value is -3.56. The molecule has 2 N–H and O–H groups in total. The molecule has 1 unspecified atom stereocenters. The number of hydrogen-bond donors (Lipinski definition) is 2. The third-order valence-electron chi connectivity index (χ3n) is 6.89. The van der Waals surface area contributed by atoms with E-state index in [0.717, 1.165) is 43.6 Å². The van der Waals surface area contributed by atoms with Crippen LogP contribution in [-0.2, 0) is 11.3 Å². The molecule has 3 heterocycles. The number of aromatic amines is 1. The first-order valence-electron chi connectivity index (χ1n) is 12.8. The van der Waals surface area contributed by atoms with E-state index in [9.17, 15) is 4.79 Å². The van der Waals surface area contributed by atoms with Crippen molar-refractivity contribution in [1.29, 1.82) is 0 Å². The number of nitrogens with one attached hydrogen (secondary N) is 2. The highest BCUT2D eigenvalue weighted by atomic mass is 32.2. The fourth-order valence-electron chi connectivity index (χ4n) is 4.91. The van der Waals surface area contributed by atoms with Crippen molar-refractivity contribution in [3.8, 4) is 22.6 Å². The number of aromatic nitrogens is 3. The number of amides is 1. The number of thioether (sulfide) groups is 1. The first-order chi connectivity index (χ1) is 18.6. The predicted octanol–water partition coefficient (Wildman–Crippen LogP) is 4.76. The Morgan fingerprint density at radius 2 is 1.92 bits per heavy atom. The summed E-state index contributed by atoms with van der Waals surface area (Å²) in [7, 11) is 3.22. The molecule has 0 spiro atoms. The minimum Gasteiger partial charge on any atom is -0.493 e.